The van der Waals surface area contributed by atoms with Gasteiger partial charge in [0.05, 0.1) is 12.1 Å². The zero-order chi connectivity index (χ0) is 19.1. The van der Waals surface area contributed by atoms with E-state index < -0.39 is 22.8 Å². The van der Waals surface area contributed by atoms with E-state index in [9.17, 15) is 24.6 Å². The highest BCUT2D eigenvalue weighted by Gasteiger charge is 2.30. The van der Waals surface area contributed by atoms with Crippen LogP contribution in [0.25, 0.3) is 11.1 Å². The molecule has 1 aliphatic carbocycles. The molecular weight excluding hydrogens is 350 g/mol. The lowest BCUT2D eigenvalue weighted by molar-refractivity contribution is 0.0937. The van der Waals surface area contributed by atoms with Crippen molar-refractivity contribution >= 4 is 11.7 Å². The van der Waals surface area contributed by atoms with Gasteiger partial charge in [0.15, 0.2) is 11.5 Å². The number of benzene rings is 2. The minimum Gasteiger partial charge on any atom is -0.502 e. The van der Waals surface area contributed by atoms with Crippen LogP contribution < -0.4 is 10.7 Å². The van der Waals surface area contributed by atoms with Crippen molar-refractivity contribution in [3.63, 3.8) is 0 Å². The Morgan fingerprint density at radius 1 is 0.963 bits per heavy atom. The van der Waals surface area contributed by atoms with Gasteiger partial charge in [-0.25, -0.2) is 0 Å². The Kier molecular flexibility index (Phi) is 3.77. The van der Waals surface area contributed by atoms with Gasteiger partial charge in [0.2, 0.25) is 11.5 Å². The molecule has 1 amide bonds. The highest BCUT2D eigenvalue weighted by Crippen LogP contribution is 2.38. The summed E-state index contributed by atoms with van der Waals surface area (Å²) in [5.41, 5.74) is 1.50. The average molecular weight is 363 g/mol. The smallest absolute Gasteiger partial charge is 0.268 e. The zero-order valence-electron chi connectivity index (χ0n) is 13.9. The topological polar surface area (TPSA) is 117 Å². The van der Waals surface area contributed by atoms with Gasteiger partial charge in [-0.05, 0) is 17.2 Å². The van der Waals surface area contributed by atoms with Gasteiger partial charge in [-0.1, -0.05) is 36.4 Å². The third-order valence-corrected chi connectivity index (χ3v) is 4.43. The van der Waals surface area contributed by atoms with Crippen LogP contribution in [0, 0.1) is 0 Å². The number of hydrogen-bond acceptors (Lipinski definition) is 6. The Labute approximate surface area is 152 Å². The molecule has 0 saturated carbocycles. The maximum atomic E-state index is 12.7. The monoisotopic (exact) mass is 363 g/mol. The molecule has 0 atom stereocenters. The van der Waals surface area contributed by atoms with Crippen LogP contribution in [0.2, 0.25) is 0 Å². The molecule has 1 heterocycles. The van der Waals surface area contributed by atoms with E-state index in [0.29, 0.717) is 16.7 Å². The van der Waals surface area contributed by atoms with Crippen molar-refractivity contribution in [3.05, 3.63) is 81.4 Å². The molecule has 0 aliphatic heterocycles. The lowest BCUT2D eigenvalue weighted by atomic mass is 10.0. The number of carbonyl (C=O) groups excluding carboxylic acids is 2. The molecule has 1 aromatic heterocycles. The number of aromatic hydroxyl groups is 2. The summed E-state index contributed by atoms with van der Waals surface area (Å²) < 4.78 is 4.94. The third-order valence-electron chi connectivity index (χ3n) is 4.43. The first-order chi connectivity index (χ1) is 13.0. The van der Waals surface area contributed by atoms with Crippen molar-refractivity contribution in [1.82, 2.24) is 5.32 Å². The van der Waals surface area contributed by atoms with Crippen LogP contribution in [0.15, 0.2) is 57.9 Å². The van der Waals surface area contributed by atoms with E-state index in [1.54, 1.807) is 24.3 Å². The van der Waals surface area contributed by atoms with Gasteiger partial charge in [0.1, 0.15) is 6.26 Å². The number of ketones is 1. The highest BCUT2D eigenvalue weighted by molar-refractivity contribution is 6.25. The zero-order valence-corrected chi connectivity index (χ0v) is 13.9. The van der Waals surface area contributed by atoms with E-state index in [0.717, 1.165) is 11.8 Å². The molecule has 0 bridgehead atoms. The summed E-state index contributed by atoms with van der Waals surface area (Å²) in [4.78, 5) is 36.8. The van der Waals surface area contributed by atoms with E-state index in [4.69, 9.17) is 4.42 Å². The number of fused-ring (bicyclic) bond motifs is 3. The predicted molar refractivity (Wildman–Crippen MR) is 94.8 cm³/mol. The first-order valence-corrected chi connectivity index (χ1v) is 8.07. The van der Waals surface area contributed by atoms with Crippen molar-refractivity contribution in [2.75, 3.05) is 0 Å². The number of nitrogens with one attached hydrogen (secondary N) is 1. The van der Waals surface area contributed by atoms with Crippen molar-refractivity contribution in [2.45, 2.75) is 6.54 Å². The summed E-state index contributed by atoms with van der Waals surface area (Å²) in [5.74, 6) is -2.49. The molecule has 0 fully saturated rings. The standard InChI is InChI=1S/C20H13NO6/c22-14-9-27-15(19(25)18(14)24)8-21-20(26)13-7-3-6-11-10-4-1-2-5-12(10)17(23)16(11)13/h1-7,9,22,25H,8H2,(H,21,26). The summed E-state index contributed by atoms with van der Waals surface area (Å²) in [7, 11) is 0. The minimum absolute atomic E-state index is 0.189. The molecule has 3 N–H and O–H groups in total. The van der Waals surface area contributed by atoms with Crippen LogP contribution in [0.4, 0.5) is 0 Å². The Morgan fingerprint density at radius 2 is 1.67 bits per heavy atom. The molecule has 0 spiro atoms. The molecular formula is C20H13NO6. The van der Waals surface area contributed by atoms with Crippen LogP contribution in [0.5, 0.6) is 11.5 Å². The minimum atomic E-state index is -0.989. The van der Waals surface area contributed by atoms with E-state index >= 15 is 0 Å². The Hall–Kier alpha value is -3.87. The lowest BCUT2D eigenvalue weighted by Crippen LogP contribution is -2.25. The third kappa shape index (κ3) is 2.56. The molecule has 4 rings (SSSR count). The molecule has 27 heavy (non-hydrogen) atoms. The van der Waals surface area contributed by atoms with Gasteiger partial charge in [0, 0.05) is 11.1 Å². The SMILES string of the molecule is O=C(NCc1occ(O)c(=O)c1O)c1cccc2c1C(=O)c1ccccc1-2. The molecule has 7 nitrogen and oxygen atoms in total. The molecule has 3 aromatic rings. The fraction of sp³-hybridized carbons (Fsp3) is 0.0500. The van der Waals surface area contributed by atoms with E-state index in [1.807, 2.05) is 12.1 Å². The van der Waals surface area contributed by atoms with Gasteiger partial charge in [-0.15, -0.1) is 0 Å². The molecule has 7 heteroatoms. The van der Waals surface area contributed by atoms with Gasteiger partial charge in [-0.2, -0.15) is 0 Å². The van der Waals surface area contributed by atoms with Crippen molar-refractivity contribution in [2.24, 2.45) is 0 Å². The van der Waals surface area contributed by atoms with Gasteiger partial charge in [0.25, 0.3) is 11.3 Å². The van der Waals surface area contributed by atoms with Crippen LogP contribution in [-0.4, -0.2) is 21.9 Å². The second-order valence-electron chi connectivity index (χ2n) is 6.01. The summed E-state index contributed by atoms with van der Waals surface area (Å²) in [5, 5.41) is 21.4. The number of hydrogen-bond donors (Lipinski definition) is 3. The molecule has 0 radical (unpaired) electrons. The van der Waals surface area contributed by atoms with Crippen molar-refractivity contribution in [1.29, 1.82) is 0 Å². The van der Waals surface area contributed by atoms with Gasteiger partial charge < -0.3 is 19.9 Å². The Bertz CT molecular complexity index is 1160. The second-order valence-corrected chi connectivity index (χ2v) is 6.01. The van der Waals surface area contributed by atoms with Crippen LogP contribution in [0.1, 0.15) is 32.0 Å². The maximum absolute atomic E-state index is 12.7. The molecule has 0 saturated heterocycles. The second kappa shape index (κ2) is 6.14. The normalized spacial score (nSPS) is 11.8. The number of rotatable bonds is 3. The fourth-order valence-electron chi connectivity index (χ4n) is 3.13. The van der Waals surface area contributed by atoms with E-state index in [-0.39, 0.29) is 23.7 Å². The van der Waals surface area contributed by atoms with Crippen LogP contribution in [-0.2, 0) is 6.54 Å². The van der Waals surface area contributed by atoms with Crippen LogP contribution >= 0.6 is 0 Å². The summed E-state index contributed by atoms with van der Waals surface area (Å²) in [6, 6.07) is 12.1. The summed E-state index contributed by atoms with van der Waals surface area (Å²) in [6.07, 6.45) is 0.782. The number of carbonyl (C=O) groups is 2. The molecule has 0 unspecified atom stereocenters. The maximum Gasteiger partial charge on any atom is 0.268 e. The Balaban J connectivity index is 1.65. The van der Waals surface area contributed by atoms with Crippen molar-refractivity contribution < 1.29 is 24.2 Å². The molecule has 134 valence electrons. The van der Waals surface area contributed by atoms with Gasteiger partial charge >= 0.3 is 0 Å². The van der Waals surface area contributed by atoms with E-state index in [2.05, 4.69) is 5.32 Å². The fourth-order valence-corrected chi connectivity index (χ4v) is 3.13. The quantitative estimate of drug-likeness (QED) is 0.514. The van der Waals surface area contributed by atoms with Gasteiger partial charge in [-0.3, -0.25) is 14.4 Å². The van der Waals surface area contributed by atoms with Crippen LogP contribution in [0.3, 0.4) is 0 Å². The summed E-state index contributed by atoms with van der Waals surface area (Å²) in [6.45, 7) is -0.287. The average Bonchev–Trinajstić information content (AvgIpc) is 2.98. The molecule has 2 aromatic carbocycles. The summed E-state index contributed by atoms with van der Waals surface area (Å²) >= 11 is 0. The lowest BCUT2D eigenvalue weighted by Gasteiger charge is -2.09. The Morgan fingerprint density at radius 3 is 2.44 bits per heavy atom. The highest BCUT2D eigenvalue weighted by atomic mass is 16.4. The predicted octanol–water partition coefficient (Wildman–Crippen LogP) is 2.19. The molecule has 1 aliphatic rings. The van der Waals surface area contributed by atoms with Crippen molar-refractivity contribution in [3.8, 4) is 22.6 Å². The first kappa shape index (κ1) is 16.6. The largest absolute Gasteiger partial charge is 0.502 e. The van der Waals surface area contributed by atoms with E-state index in [1.165, 1.54) is 6.07 Å². The first-order valence-electron chi connectivity index (χ1n) is 8.07. The number of amides is 1.